The molecule has 36 heavy (non-hydrogen) atoms. The number of carbonyl (C=O) groups is 1. The zero-order chi connectivity index (χ0) is 25.0. The minimum Gasteiger partial charge on any atom is -0.366 e. The minimum absolute atomic E-state index is 0.0258. The minimum atomic E-state index is -4.60. The Balaban J connectivity index is 1.59. The average molecular weight is 496 g/mol. The maximum absolute atomic E-state index is 13.8. The number of benzene rings is 1. The summed E-state index contributed by atoms with van der Waals surface area (Å²) in [4.78, 5) is 20.9. The van der Waals surface area contributed by atoms with Gasteiger partial charge in [0.1, 0.15) is 0 Å². The molecule has 1 saturated heterocycles. The van der Waals surface area contributed by atoms with Gasteiger partial charge in [0.25, 0.3) is 0 Å². The normalized spacial score (nSPS) is 16.5. The topological polar surface area (TPSA) is 93.8 Å². The molecule has 0 saturated carbocycles. The number of anilines is 1. The summed E-state index contributed by atoms with van der Waals surface area (Å²) in [6.07, 6.45) is 3.02. The lowest BCUT2D eigenvalue weighted by Gasteiger charge is -2.36. The van der Waals surface area contributed by atoms with Gasteiger partial charge in [0.2, 0.25) is 5.91 Å². The average Bonchev–Trinajstić information content (AvgIpc) is 3.57. The number of fused-ring (bicyclic) bond motifs is 5. The largest absolute Gasteiger partial charge is 0.435 e. The van der Waals surface area contributed by atoms with Gasteiger partial charge in [-0.05, 0) is 49.0 Å². The summed E-state index contributed by atoms with van der Waals surface area (Å²) in [5.41, 5.74) is 3.56. The Labute approximate surface area is 204 Å². The molecular formula is C25H24F3N7O. The second kappa shape index (κ2) is 8.35. The summed E-state index contributed by atoms with van der Waals surface area (Å²) in [7, 11) is 0. The lowest BCUT2D eigenvalue weighted by atomic mass is 9.85. The van der Waals surface area contributed by atoms with E-state index in [2.05, 4.69) is 31.9 Å². The molecule has 1 fully saturated rings. The fourth-order valence-electron chi connectivity index (χ4n) is 5.55. The SMILES string of the molecule is C=CC(=O)N1CCN(c2cc3[nH]ncc3c3c4c(c(-c5c[nH]nc5C(F)(F)F)nc23)CCCC4)CC1. The van der Waals surface area contributed by atoms with Gasteiger partial charge in [-0.25, -0.2) is 4.98 Å². The molecule has 4 heterocycles. The van der Waals surface area contributed by atoms with Crippen molar-refractivity contribution in [2.45, 2.75) is 31.9 Å². The molecule has 2 N–H and O–H groups in total. The Morgan fingerprint density at radius 3 is 2.58 bits per heavy atom. The summed E-state index contributed by atoms with van der Waals surface area (Å²) in [5, 5.41) is 15.1. The van der Waals surface area contributed by atoms with Crippen LogP contribution in [0.3, 0.4) is 0 Å². The number of piperazine rings is 1. The van der Waals surface area contributed by atoms with Crippen molar-refractivity contribution in [1.29, 1.82) is 0 Å². The first kappa shape index (κ1) is 22.6. The summed E-state index contributed by atoms with van der Waals surface area (Å²) in [6, 6.07) is 1.96. The van der Waals surface area contributed by atoms with E-state index < -0.39 is 11.9 Å². The summed E-state index contributed by atoms with van der Waals surface area (Å²) < 4.78 is 41.4. The molecule has 186 valence electrons. The van der Waals surface area contributed by atoms with Crippen LogP contribution in [0.2, 0.25) is 0 Å². The van der Waals surface area contributed by atoms with Crippen LogP contribution in [0.4, 0.5) is 18.9 Å². The third kappa shape index (κ3) is 3.52. The van der Waals surface area contributed by atoms with E-state index in [9.17, 15) is 18.0 Å². The number of halogens is 3. The highest BCUT2D eigenvalue weighted by Gasteiger charge is 2.38. The molecule has 1 aliphatic heterocycles. The molecule has 0 bridgehead atoms. The first-order valence-corrected chi connectivity index (χ1v) is 12.0. The van der Waals surface area contributed by atoms with Gasteiger partial charge in [-0.1, -0.05) is 6.58 Å². The van der Waals surface area contributed by atoms with Crippen LogP contribution in [-0.4, -0.2) is 62.4 Å². The van der Waals surface area contributed by atoms with E-state index in [-0.39, 0.29) is 11.5 Å². The third-order valence-corrected chi connectivity index (χ3v) is 7.25. The van der Waals surface area contributed by atoms with Crippen molar-refractivity contribution in [3.63, 3.8) is 0 Å². The Hall–Kier alpha value is -3.89. The van der Waals surface area contributed by atoms with E-state index in [1.165, 1.54) is 12.3 Å². The van der Waals surface area contributed by atoms with E-state index in [4.69, 9.17) is 4.98 Å². The molecule has 3 aromatic heterocycles. The predicted molar refractivity (Wildman–Crippen MR) is 130 cm³/mol. The number of hydrogen-bond donors (Lipinski definition) is 2. The first-order chi connectivity index (χ1) is 17.4. The van der Waals surface area contributed by atoms with Crippen molar-refractivity contribution in [2.75, 3.05) is 31.1 Å². The third-order valence-electron chi connectivity index (χ3n) is 7.25. The van der Waals surface area contributed by atoms with Crippen LogP contribution in [0.25, 0.3) is 33.1 Å². The molecule has 0 radical (unpaired) electrons. The number of aryl methyl sites for hydroxylation is 1. The number of carbonyl (C=O) groups excluding carboxylic acids is 1. The van der Waals surface area contributed by atoms with Gasteiger partial charge in [-0.15, -0.1) is 0 Å². The van der Waals surface area contributed by atoms with Crippen LogP contribution < -0.4 is 4.90 Å². The number of nitrogens with one attached hydrogen (secondary N) is 2. The van der Waals surface area contributed by atoms with E-state index in [0.29, 0.717) is 43.8 Å². The van der Waals surface area contributed by atoms with E-state index in [1.807, 2.05) is 6.07 Å². The molecular weight excluding hydrogens is 471 g/mol. The van der Waals surface area contributed by atoms with Gasteiger partial charge < -0.3 is 9.80 Å². The van der Waals surface area contributed by atoms with Crippen LogP contribution in [0.1, 0.15) is 29.7 Å². The van der Waals surface area contributed by atoms with Crippen LogP contribution in [0.5, 0.6) is 0 Å². The van der Waals surface area contributed by atoms with Gasteiger partial charge in [-0.2, -0.15) is 23.4 Å². The number of pyridine rings is 1. The Morgan fingerprint density at radius 1 is 1.11 bits per heavy atom. The molecule has 2 aliphatic rings. The molecule has 0 spiro atoms. The number of H-pyrrole nitrogens is 2. The lowest BCUT2D eigenvalue weighted by molar-refractivity contribution is -0.140. The summed E-state index contributed by atoms with van der Waals surface area (Å²) in [5.74, 6) is -0.113. The van der Waals surface area contributed by atoms with Crippen molar-refractivity contribution >= 4 is 33.4 Å². The molecule has 0 unspecified atom stereocenters. The van der Waals surface area contributed by atoms with Gasteiger partial charge in [0, 0.05) is 43.1 Å². The van der Waals surface area contributed by atoms with Crippen LogP contribution in [0, 0.1) is 0 Å². The van der Waals surface area contributed by atoms with Gasteiger partial charge >= 0.3 is 6.18 Å². The van der Waals surface area contributed by atoms with Crippen LogP contribution in [0.15, 0.2) is 31.1 Å². The zero-order valence-electron chi connectivity index (χ0n) is 19.5. The number of alkyl halides is 3. The number of aromatic amines is 2. The highest BCUT2D eigenvalue weighted by Crippen LogP contribution is 2.44. The molecule has 8 nitrogen and oxygen atoms in total. The molecule has 0 atom stereocenters. The second-order valence-corrected chi connectivity index (χ2v) is 9.24. The molecule has 1 aromatic carbocycles. The lowest BCUT2D eigenvalue weighted by Crippen LogP contribution is -2.48. The number of nitrogens with zero attached hydrogens (tertiary/aromatic N) is 5. The second-order valence-electron chi connectivity index (χ2n) is 9.24. The monoisotopic (exact) mass is 495 g/mol. The zero-order valence-corrected chi connectivity index (χ0v) is 19.5. The molecule has 11 heteroatoms. The molecule has 1 amide bonds. The maximum Gasteiger partial charge on any atom is 0.435 e. The quantitative estimate of drug-likeness (QED) is 0.415. The standard InChI is InChI=1S/C25H24F3N7O/c1-2-20(36)35-9-7-34(8-10-35)19-11-18-16(12-29-32-18)21-14-5-3-4-6-15(14)22(31-23(19)21)17-13-30-33-24(17)25(26,27)28/h2,11-13H,1,3-10H2,(H,29,32)(H,30,33). The van der Waals surface area contributed by atoms with Gasteiger partial charge in [0.15, 0.2) is 5.69 Å². The number of aromatic nitrogens is 5. The van der Waals surface area contributed by atoms with Crippen molar-refractivity contribution in [1.82, 2.24) is 30.3 Å². The van der Waals surface area contributed by atoms with Crippen molar-refractivity contribution < 1.29 is 18.0 Å². The summed E-state index contributed by atoms with van der Waals surface area (Å²) >= 11 is 0. The Morgan fingerprint density at radius 2 is 1.86 bits per heavy atom. The predicted octanol–water partition coefficient (Wildman–Crippen LogP) is 4.23. The Bertz CT molecular complexity index is 1500. The van der Waals surface area contributed by atoms with Crippen LogP contribution in [-0.2, 0) is 23.8 Å². The fraction of sp³-hybridized carbons (Fsp3) is 0.360. The van der Waals surface area contributed by atoms with Gasteiger partial charge in [-0.3, -0.25) is 15.0 Å². The number of rotatable bonds is 3. The number of amides is 1. The highest BCUT2D eigenvalue weighted by atomic mass is 19.4. The van der Waals surface area contributed by atoms with Gasteiger partial charge in [0.05, 0.1) is 34.2 Å². The summed E-state index contributed by atoms with van der Waals surface area (Å²) in [6.45, 7) is 5.75. The highest BCUT2D eigenvalue weighted by molar-refractivity contribution is 6.13. The Kier molecular flexibility index (Phi) is 5.24. The number of hydrogen-bond acceptors (Lipinski definition) is 5. The maximum atomic E-state index is 13.8. The smallest absolute Gasteiger partial charge is 0.366 e. The molecule has 4 aromatic rings. The molecule has 1 aliphatic carbocycles. The molecule has 6 rings (SSSR count). The van der Waals surface area contributed by atoms with Crippen molar-refractivity contribution in [2.24, 2.45) is 0 Å². The first-order valence-electron chi connectivity index (χ1n) is 12.0. The van der Waals surface area contributed by atoms with E-state index in [1.54, 1.807) is 11.1 Å². The van der Waals surface area contributed by atoms with Crippen LogP contribution >= 0.6 is 0 Å². The fourth-order valence-corrected chi connectivity index (χ4v) is 5.55. The van der Waals surface area contributed by atoms with E-state index >= 15 is 0 Å². The van der Waals surface area contributed by atoms with E-state index in [0.717, 1.165) is 52.4 Å². The van der Waals surface area contributed by atoms with Crippen molar-refractivity contribution in [3.8, 4) is 11.3 Å². The van der Waals surface area contributed by atoms with Crippen molar-refractivity contribution in [3.05, 3.63) is 47.9 Å².